The average Bonchev–Trinajstić information content (AvgIpc) is 2.62. The Hall–Kier alpha value is -2.95. The highest BCUT2D eigenvalue weighted by Crippen LogP contribution is 2.24. The van der Waals surface area contributed by atoms with Crippen molar-refractivity contribution in [2.24, 2.45) is 0 Å². The van der Waals surface area contributed by atoms with Crippen LogP contribution in [0.4, 0.5) is 23.1 Å². The Morgan fingerprint density at radius 2 is 1.27 bits per heavy atom. The topological polar surface area (TPSA) is 45.2 Å². The van der Waals surface area contributed by atoms with Crippen LogP contribution in [0.1, 0.15) is 0 Å². The molecule has 0 radical (unpaired) electrons. The van der Waals surface area contributed by atoms with Gasteiger partial charge >= 0.3 is 0 Å². The van der Waals surface area contributed by atoms with Crippen LogP contribution in [0.25, 0.3) is 0 Å². The Bertz CT molecular complexity index is 670. The van der Waals surface area contributed by atoms with Crippen LogP contribution in [0.2, 0.25) is 0 Å². The number of anilines is 4. The zero-order valence-electron chi connectivity index (χ0n) is 12.6. The van der Waals surface area contributed by atoms with Gasteiger partial charge < -0.3 is 9.80 Å². The minimum Gasteiger partial charge on any atom is -0.328 e. The maximum absolute atomic E-state index is 4.60. The van der Waals surface area contributed by atoms with Crippen molar-refractivity contribution in [1.29, 1.82) is 0 Å². The molecule has 0 atom stereocenters. The van der Waals surface area contributed by atoms with Crippen molar-refractivity contribution in [3.8, 4) is 0 Å². The first-order valence-electron chi connectivity index (χ1n) is 7.03. The van der Waals surface area contributed by atoms with Gasteiger partial charge in [-0.05, 0) is 24.3 Å². The average molecular weight is 291 g/mol. The van der Waals surface area contributed by atoms with Gasteiger partial charge in [-0.25, -0.2) is 0 Å². The second-order valence-corrected chi connectivity index (χ2v) is 4.90. The molecule has 3 aromatic rings. The summed E-state index contributed by atoms with van der Waals surface area (Å²) in [6.45, 7) is 0. The van der Waals surface area contributed by atoms with E-state index in [2.05, 4.69) is 15.2 Å². The number of hydrogen-bond acceptors (Lipinski definition) is 5. The van der Waals surface area contributed by atoms with E-state index in [1.807, 2.05) is 84.6 Å². The van der Waals surface area contributed by atoms with Gasteiger partial charge in [-0.2, -0.15) is 10.1 Å². The first-order valence-corrected chi connectivity index (χ1v) is 7.03. The van der Waals surface area contributed by atoms with Crippen LogP contribution < -0.4 is 9.80 Å². The maximum Gasteiger partial charge on any atom is 0.251 e. The third-order valence-electron chi connectivity index (χ3n) is 3.47. The molecule has 0 aliphatic heterocycles. The van der Waals surface area contributed by atoms with Crippen LogP contribution in [0.5, 0.6) is 0 Å². The van der Waals surface area contributed by atoms with E-state index in [1.54, 1.807) is 6.20 Å². The molecule has 5 heteroatoms. The second kappa shape index (κ2) is 6.22. The summed E-state index contributed by atoms with van der Waals surface area (Å²) in [6, 6.07) is 20.0. The lowest BCUT2D eigenvalue weighted by atomic mass is 10.3. The maximum atomic E-state index is 4.60. The summed E-state index contributed by atoms with van der Waals surface area (Å²) in [5.74, 6) is 1.31. The fraction of sp³-hybridized carbons (Fsp3) is 0.118. The predicted molar refractivity (Wildman–Crippen MR) is 88.8 cm³/mol. The van der Waals surface area contributed by atoms with Gasteiger partial charge in [0.1, 0.15) is 0 Å². The molecular formula is C17H17N5. The molecule has 0 bridgehead atoms. The van der Waals surface area contributed by atoms with Crippen LogP contribution in [0.3, 0.4) is 0 Å². The third kappa shape index (κ3) is 2.88. The summed E-state index contributed by atoms with van der Waals surface area (Å²) in [4.78, 5) is 8.50. The molecule has 0 fully saturated rings. The van der Waals surface area contributed by atoms with Gasteiger partial charge in [0.05, 0.1) is 6.20 Å². The molecule has 110 valence electrons. The Labute approximate surface area is 129 Å². The molecule has 1 aromatic heterocycles. The lowest BCUT2D eigenvalue weighted by molar-refractivity contribution is 0.914. The quantitative estimate of drug-likeness (QED) is 0.737. The van der Waals surface area contributed by atoms with Gasteiger partial charge in [0.2, 0.25) is 0 Å². The number of rotatable bonds is 4. The molecule has 0 saturated heterocycles. The molecule has 3 rings (SSSR count). The summed E-state index contributed by atoms with van der Waals surface area (Å²) in [5, 5.41) is 8.21. The highest BCUT2D eigenvalue weighted by atomic mass is 15.3. The van der Waals surface area contributed by atoms with Crippen molar-refractivity contribution >= 4 is 23.1 Å². The van der Waals surface area contributed by atoms with E-state index < -0.39 is 0 Å². The van der Waals surface area contributed by atoms with E-state index >= 15 is 0 Å². The van der Waals surface area contributed by atoms with E-state index in [9.17, 15) is 0 Å². The SMILES string of the molecule is CN(c1ccccc1)c1cnnc(N(C)c2ccccc2)n1. The van der Waals surface area contributed by atoms with Crippen LogP contribution in [0, 0.1) is 0 Å². The Morgan fingerprint density at radius 3 is 1.86 bits per heavy atom. The van der Waals surface area contributed by atoms with Gasteiger partial charge in [-0.1, -0.05) is 36.4 Å². The zero-order valence-corrected chi connectivity index (χ0v) is 12.6. The molecule has 0 aliphatic carbocycles. The molecule has 0 amide bonds. The summed E-state index contributed by atoms with van der Waals surface area (Å²) in [7, 11) is 3.89. The molecule has 0 unspecified atom stereocenters. The molecule has 0 aliphatic rings. The normalized spacial score (nSPS) is 10.3. The lowest BCUT2D eigenvalue weighted by Crippen LogP contribution is -2.17. The second-order valence-electron chi connectivity index (χ2n) is 4.90. The smallest absolute Gasteiger partial charge is 0.251 e. The van der Waals surface area contributed by atoms with E-state index in [-0.39, 0.29) is 0 Å². The highest BCUT2D eigenvalue weighted by molar-refractivity contribution is 5.61. The third-order valence-corrected chi connectivity index (χ3v) is 3.47. The number of nitrogens with zero attached hydrogens (tertiary/aromatic N) is 5. The van der Waals surface area contributed by atoms with Crippen LogP contribution in [-0.2, 0) is 0 Å². The van der Waals surface area contributed by atoms with Crippen LogP contribution in [0.15, 0.2) is 66.9 Å². The summed E-state index contributed by atoms with van der Waals surface area (Å²) >= 11 is 0. The monoisotopic (exact) mass is 291 g/mol. The standard InChI is InChI=1S/C17H17N5/c1-21(14-9-5-3-6-10-14)16-13-18-20-17(19-16)22(2)15-11-7-4-8-12-15/h3-13H,1-2H3. The van der Waals surface area contributed by atoms with Crippen molar-refractivity contribution in [1.82, 2.24) is 15.2 Å². The van der Waals surface area contributed by atoms with E-state index in [1.165, 1.54) is 0 Å². The van der Waals surface area contributed by atoms with Crippen molar-refractivity contribution < 1.29 is 0 Å². The molecule has 5 nitrogen and oxygen atoms in total. The fourth-order valence-corrected chi connectivity index (χ4v) is 2.14. The minimum atomic E-state index is 0.562. The summed E-state index contributed by atoms with van der Waals surface area (Å²) < 4.78 is 0. The number of para-hydroxylation sites is 2. The number of aromatic nitrogens is 3. The van der Waals surface area contributed by atoms with Crippen LogP contribution >= 0.6 is 0 Å². The minimum absolute atomic E-state index is 0.562. The molecule has 22 heavy (non-hydrogen) atoms. The van der Waals surface area contributed by atoms with Crippen molar-refractivity contribution in [3.05, 3.63) is 66.9 Å². The Morgan fingerprint density at radius 1 is 0.727 bits per heavy atom. The predicted octanol–water partition coefficient (Wildman–Crippen LogP) is 3.41. The van der Waals surface area contributed by atoms with Gasteiger partial charge in [-0.15, -0.1) is 5.10 Å². The van der Waals surface area contributed by atoms with Gasteiger partial charge in [-0.3, -0.25) is 0 Å². The van der Waals surface area contributed by atoms with E-state index in [0.717, 1.165) is 17.2 Å². The molecular weight excluding hydrogens is 274 g/mol. The van der Waals surface area contributed by atoms with Gasteiger partial charge in [0, 0.05) is 25.5 Å². The largest absolute Gasteiger partial charge is 0.328 e. The van der Waals surface area contributed by atoms with Gasteiger partial charge in [0.15, 0.2) is 5.82 Å². The summed E-state index contributed by atoms with van der Waals surface area (Å²) in [5.41, 5.74) is 2.07. The van der Waals surface area contributed by atoms with E-state index in [0.29, 0.717) is 5.95 Å². The fourth-order valence-electron chi connectivity index (χ4n) is 2.14. The first kappa shape index (κ1) is 14.0. The van der Waals surface area contributed by atoms with Gasteiger partial charge in [0.25, 0.3) is 5.95 Å². The van der Waals surface area contributed by atoms with Crippen LogP contribution in [-0.4, -0.2) is 29.3 Å². The first-order chi connectivity index (χ1) is 10.8. The molecule has 1 heterocycles. The number of benzene rings is 2. The van der Waals surface area contributed by atoms with Crippen molar-refractivity contribution in [2.45, 2.75) is 0 Å². The Balaban J connectivity index is 1.90. The Kier molecular flexibility index (Phi) is 3.96. The lowest BCUT2D eigenvalue weighted by Gasteiger charge is -2.21. The van der Waals surface area contributed by atoms with Crippen molar-refractivity contribution in [2.75, 3.05) is 23.9 Å². The number of hydrogen-bond donors (Lipinski definition) is 0. The summed E-state index contributed by atoms with van der Waals surface area (Å²) in [6.07, 6.45) is 1.66. The molecule has 2 aromatic carbocycles. The molecule has 0 spiro atoms. The van der Waals surface area contributed by atoms with Crippen molar-refractivity contribution in [3.63, 3.8) is 0 Å². The zero-order chi connectivity index (χ0) is 15.4. The molecule has 0 saturated carbocycles. The highest BCUT2D eigenvalue weighted by Gasteiger charge is 2.11. The van der Waals surface area contributed by atoms with E-state index in [4.69, 9.17) is 0 Å². The molecule has 0 N–H and O–H groups in total.